The minimum absolute atomic E-state index is 0.245. The van der Waals surface area contributed by atoms with E-state index in [4.69, 9.17) is 21.1 Å². The average Bonchev–Trinajstić information content (AvgIpc) is 3.10. The highest BCUT2D eigenvalue weighted by molar-refractivity contribution is 6.17. The maximum Gasteiger partial charge on any atom is 0.314 e. The Bertz CT molecular complexity index is 758. The molecule has 0 radical (unpaired) electrons. The maximum atomic E-state index is 12.4. The largest absolute Gasteiger partial charge is 0.469 e. The van der Waals surface area contributed by atoms with E-state index in [0.717, 1.165) is 23.2 Å². The van der Waals surface area contributed by atoms with E-state index in [1.807, 2.05) is 52.1 Å². The maximum absolute atomic E-state index is 12.4. The molecule has 1 aromatic heterocycles. The molecule has 2 aromatic rings. The van der Waals surface area contributed by atoms with Crippen LogP contribution in [0, 0.1) is 12.3 Å². The zero-order valence-electron chi connectivity index (χ0n) is 16.0. The number of methoxy groups -OCH3 is 1. The number of ether oxygens (including phenoxy) is 2. The molecular weight excluding hydrogens is 354 g/mol. The van der Waals surface area contributed by atoms with Crippen LogP contribution in [0.25, 0.3) is 0 Å². The first kappa shape index (κ1) is 20.4. The summed E-state index contributed by atoms with van der Waals surface area (Å²) in [6, 6.07) is 5.94. The molecule has 2 rings (SSSR count). The normalized spacial score (nSPS) is 12.8. The van der Waals surface area contributed by atoms with Gasteiger partial charge in [0.05, 0.1) is 31.4 Å². The van der Waals surface area contributed by atoms with Crippen molar-refractivity contribution < 1.29 is 14.3 Å². The molecule has 1 unspecified atom stereocenters. The number of nitrogens with zero attached hydrogens (tertiary/aromatic N) is 3. The summed E-state index contributed by atoms with van der Waals surface area (Å²) >= 11 is 6.05. The SMILES string of the molecule is CCn1cc(COC(c2ccc(C)c(CCl)c2)C(C)(C)C(=O)OC)nn1. The fraction of sp³-hybridized carbons (Fsp3) is 0.526. The number of benzene rings is 1. The van der Waals surface area contributed by atoms with Gasteiger partial charge in [0.1, 0.15) is 5.69 Å². The summed E-state index contributed by atoms with van der Waals surface area (Å²) in [5.41, 5.74) is 2.82. The molecule has 0 saturated heterocycles. The van der Waals surface area contributed by atoms with Gasteiger partial charge >= 0.3 is 5.97 Å². The van der Waals surface area contributed by atoms with Crippen LogP contribution in [0.4, 0.5) is 0 Å². The monoisotopic (exact) mass is 379 g/mol. The molecule has 0 aliphatic carbocycles. The minimum Gasteiger partial charge on any atom is -0.469 e. The quantitative estimate of drug-likeness (QED) is 0.515. The minimum atomic E-state index is -0.881. The summed E-state index contributed by atoms with van der Waals surface area (Å²) in [6.45, 7) is 8.60. The Hall–Kier alpha value is -1.92. The van der Waals surface area contributed by atoms with Gasteiger partial charge in [0.25, 0.3) is 0 Å². The zero-order valence-corrected chi connectivity index (χ0v) is 16.7. The molecule has 142 valence electrons. The molecule has 0 amide bonds. The molecule has 26 heavy (non-hydrogen) atoms. The van der Waals surface area contributed by atoms with E-state index < -0.39 is 11.5 Å². The van der Waals surface area contributed by atoms with Gasteiger partial charge in [0, 0.05) is 12.4 Å². The molecule has 1 heterocycles. The van der Waals surface area contributed by atoms with Crippen molar-refractivity contribution >= 4 is 17.6 Å². The summed E-state index contributed by atoms with van der Waals surface area (Å²) in [7, 11) is 1.38. The van der Waals surface area contributed by atoms with Crippen LogP contribution in [0.2, 0.25) is 0 Å². The van der Waals surface area contributed by atoms with E-state index in [1.165, 1.54) is 7.11 Å². The van der Waals surface area contributed by atoms with Crippen molar-refractivity contribution in [1.82, 2.24) is 15.0 Å². The molecule has 0 aliphatic heterocycles. The van der Waals surface area contributed by atoms with Gasteiger partial charge in [0.15, 0.2) is 0 Å². The molecular formula is C19H26ClN3O3. The van der Waals surface area contributed by atoms with Crippen LogP contribution in [0.15, 0.2) is 24.4 Å². The summed E-state index contributed by atoms with van der Waals surface area (Å²) < 4.78 is 12.9. The predicted molar refractivity (Wildman–Crippen MR) is 99.8 cm³/mol. The lowest BCUT2D eigenvalue weighted by Gasteiger charge is -2.32. The molecule has 0 fully saturated rings. The number of carbonyl (C=O) groups excluding carboxylic acids is 1. The van der Waals surface area contributed by atoms with Gasteiger partial charge in [-0.25, -0.2) is 0 Å². The number of alkyl halides is 1. The molecule has 0 spiro atoms. The van der Waals surface area contributed by atoms with E-state index in [0.29, 0.717) is 11.6 Å². The second kappa shape index (κ2) is 8.64. The number of rotatable bonds is 8. The highest BCUT2D eigenvalue weighted by Crippen LogP contribution is 2.39. The fourth-order valence-corrected chi connectivity index (χ4v) is 3.11. The van der Waals surface area contributed by atoms with Crippen molar-refractivity contribution in [3.63, 3.8) is 0 Å². The van der Waals surface area contributed by atoms with Gasteiger partial charge in [0.2, 0.25) is 0 Å². The molecule has 7 heteroatoms. The lowest BCUT2D eigenvalue weighted by atomic mass is 9.81. The Kier molecular flexibility index (Phi) is 6.78. The van der Waals surface area contributed by atoms with Crippen LogP contribution in [0.5, 0.6) is 0 Å². The first-order valence-electron chi connectivity index (χ1n) is 8.57. The summed E-state index contributed by atoms with van der Waals surface area (Å²) in [5.74, 6) is 0.0586. The third kappa shape index (κ3) is 4.43. The second-order valence-electron chi connectivity index (χ2n) is 6.79. The number of esters is 1. The fourth-order valence-electron chi connectivity index (χ4n) is 2.82. The van der Waals surface area contributed by atoms with Crippen molar-refractivity contribution in [2.75, 3.05) is 7.11 Å². The molecule has 6 nitrogen and oxygen atoms in total. The number of carbonyl (C=O) groups is 1. The molecule has 0 saturated carbocycles. The van der Waals surface area contributed by atoms with Gasteiger partial charge in [-0.1, -0.05) is 23.4 Å². The summed E-state index contributed by atoms with van der Waals surface area (Å²) in [4.78, 5) is 12.4. The van der Waals surface area contributed by atoms with E-state index in [9.17, 15) is 4.79 Å². The Morgan fingerprint density at radius 2 is 2.12 bits per heavy atom. The third-order valence-corrected chi connectivity index (χ3v) is 4.78. The molecule has 0 bridgehead atoms. The lowest BCUT2D eigenvalue weighted by molar-refractivity contribution is -0.162. The van der Waals surface area contributed by atoms with Gasteiger partial charge in [-0.2, -0.15) is 0 Å². The van der Waals surface area contributed by atoms with Crippen molar-refractivity contribution in [3.8, 4) is 0 Å². The standard InChI is InChI=1S/C19H26ClN3O3/c1-6-23-11-16(21-22-23)12-26-17(19(3,4)18(24)25-5)14-8-7-13(2)15(9-14)10-20/h7-9,11,17H,6,10,12H2,1-5H3. The van der Waals surface area contributed by atoms with Crippen LogP contribution in [0.1, 0.15) is 49.3 Å². The highest BCUT2D eigenvalue weighted by atomic mass is 35.5. The first-order valence-corrected chi connectivity index (χ1v) is 9.11. The Balaban J connectivity index is 2.33. The molecule has 1 atom stereocenters. The average molecular weight is 380 g/mol. The third-order valence-electron chi connectivity index (χ3n) is 4.49. The van der Waals surface area contributed by atoms with Gasteiger partial charge < -0.3 is 9.47 Å². The first-order chi connectivity index (χ1) is 12.3. The van der Waals surface area contributed by atoms with Gasteiger partial charge in [-0.3, -0.25) is 9.48 Å². The van der Waals surface area contributed by atoms with Gasteiger partial charge in [-0.05, 0) is 44.4 Å². The zero-order chi connectivity index (χ0) is 19.3. The second-order valence-corrected chi connectivity index (χ2v) is 7.06. The van der Waals surface area contributed by atoms with Gasteiger partial charge in [-0.15, -0.1) is 16.7 Å². The van der Waals surface area contributed by atoms with Crippen LogP contribution in [-0.4, -0.2) is 28.1 Å². The highest BCUT2D eigenvalue weighted by Gasteiger charge is 2.40. The molecule has 0 aliphatic rings. The number of hydrogen-bond acceptors (Lipinski definition) is 5. The van der Waals surface area contributed by atoms with Crippen LogP contribution < -0.4 is 0 Å². The van der Waals surface area contributed by atoms with E-state index in [1.54, 1.807) is 4.68 Å². The van der Waals surface area contributed by atoms with Crippen LogP contribution in [-0.2, 0) is 33.3 Å². The van der Waals surface area contributed by atoms with Crippen LogP contribution in [0.3, 0.4) is 0 Å². The predicted octanol–water partition coefficient (Wildman–Crippen LogP) is 3.80. The van der Waals surface area contributed by atoms with Crippen molar-refractivity contribution in [2.24, 2.45) is 5.41 Å². The van der Waals surface area contributed by atoms with Crippen molar-refractivity contribution in [2.45, 2.75) is 52.8 Å². The Labute approximate surface area is 159 Å². The number of hydrogen-bond donors (Lipinski definition) is 0. The smallest absolute Gasteiger partial charge is 0.314 e. The topological polar surface area (TPSA) is 66.2 Å². The summed E-state index contributed by atoms with van der Waals surface area (Å²) in [6.07, 6.45) is 1.32. The molecule has 1 aromatic carbocycles. The Morgan fingerprint density at radius 3 is 2.69 bits per heavy atom. The van der Waals surface area contributed by atoms with E-state index in [2.05, 4.69) is 10.3 Å². The van der Waals surface area contributed by atoms with Crippen molar-refractivity contribution in [1.29, 1.82) is 0 Å². The van der Waals surface area contributed by atoms with Crippen LogP contribution >= 0.6 is 11.6 Å². The van der Waals surface area contributed by atoms with E-state index in [-0.39, 0.29) is 12.6 Å². The lowest BCUT2D eigenvalue weighted by Crippen LogP contribution is -2.34. The van der Waals surface area contributed by atoms with E-state index >= 15 is 0 Å². The Morgan fingerprint density at radius 1 is 1.38 bits per heavy atom. The number of halogens is 1. The molecule has 0 N–H and O–H groups in total. The number of aromatic nitrogens is 3. The summed E-state index contributed by atoms with van der Waals surface area (Å²) in [5, 5.41) is 8.11. The van der Waals surface area contributed by atoms with Crippen molar-refractivity contribution in [3.05, 3.63) is 46.8 Å². The number of aryl methyl sites for hydroxylation is 2.